The van der Waals surface area contributed by atoms with Crippen molar-refractivity contribution in [1.82, 2.24) is 5.32 Å². The fourth-order valence-corrected chi connectivity index (χ4v) is 3.65. The Morgan fingerprint density at radius 3 is 2.48 bits per heavy atom. The van der Waals surface area contributed by atoms with Crippen LogP contribution in [0.1, 0.15) is 35.3 Å². The van der Waals surface area contributed by atoms with Crippen molar-refractivity contribution in [2.75, 3.05) is 7.11 Å². The molecule has 29 heavy (non-hydrogen) atoms. The lowest BCUT2D eigenvalue weighted by atomic mass is 9.93. The predicted octanol–water partition coefficient (Wildman–Crippen LogP) is 5.42. The summed E-state index contributed by atoms with van der Waals surface area (Å²) in [5.41, 5.74) is 3.39. The van der Waals surface area contributed by atoms with Crippen LogP contribution in [-0.4, -0.2) is 17.9 Å². The summed E-state index contributed by atoms with van der Waals surface area (Å²) >= 11 is 6.03. The Balaban J connectivity index is 1.76. The summed E-state index contributed by atoms with van der Waals surface area (Å²) in [6.45, 7) is 0. The summed E-state index contributed by atoms with van der Waals surface area (Å²) in [6.07, 6.45) is 0.186. The number of ether oxygens (including phenoxy) is 1. The van der Waals surface area contributed by atoms with Gasteiger partial charge in [-0.25, -0.2) is 4.39 Å². The lowest BCUT2D eigenvalue weighted by Crippen LogP contribution is -2.33. The average molecular weight is 411 g/mol. The highest BCUT2D eigenvalue weighted by Crippen LogP contribution is 2.38. The molecule has 0 radical (unpaired) electrons. The molecule has 0 bridgehead atoms. The van der Waals surface area contributed by atoms with Crippen molar-refractivity contribution in [2.45, 2.75) is 18.6 Å². The van der Waals surface area contributed by atoms with Crippen LogP contribution in [0.5, 0.6) is 11.5 Å². The van der Waals surface area contributed by atoms with Crippen LogP contribution in [0.25, 0.3) is 0 Å². The van der Waals surface area contributed by atoms with Crippen molar-refractivity contribution in [1.29, 1.82) is 0 Å². The predicted molar refractivity (Wildman–Crippen MR) is 112 cm³/mol. The molecule has 1 heterocycles. The molecule has 1 aliphatic rings. The zero-order valence-corrected chi connectivity index (χ0v) is 16.5. The van der Waals surface area contributed by atoms with E-state index in [-0.39, 0.29) is 23.8 Å². The highest BCUT2D eigenvalue weighted by Gasteiger charge is 2.28. The van der Waals surface area contributed by atoms with E-state index in [4.69, 9.17) is 21.3 Å². The molecule has 2 N–H and O–H groups in total. The first-order valence-electron chi connectivity index (χ1n) is 9.25. The highest BCUT2D eigenvalue weighted by atomic mass is 35.5. The molecule has 0 aromatic heterocycles. The molecule has 4 nitrogen and oxygen atoms in total. The fraction of sp³-hybridized carbons (Fsp3) is 0.174. The lowest BCUT2D eigenvalue weighted by molar-refractivity contribution is 0.360. The summed E-state index contributed by atoms with van der Waals surface area (Å²) < 4.78 is 18.7. The second-order valence-electron chi connectivity index (χ2n) is 6.86. The number of benzene rings is 3. The summed E-state index contributed by atoms with van der Waals surface area (Å²) in [4.78, 5) is 4.86. The van der Waals surface area contributed by atoms with E-state index in [1.165, 1.54) is 19.2 Å². The number of methoxy groups -OCH3 is 1. The molecule has 4 rings (SSSR count). The molecular formula is C23H20ClFN2O2. The zero-order valence-electron chi connectivity index (χ0n) is 15.8. The van der Waals surface area contributed by atoms with E-state index in [0.29, 0.717) is 17.2 Å². The number of phenolic OH excluding ortho intramolecular Hbond substituents is 1. The first-order valence-corrected chi connectivity index (χ1v) is 9.63. The van der Waals surface area contributed by atoms with Gasteiger partial charge in [0.25, 0.3) is 0 Å². The summed E-state index contributed by atoms with van der Waals surface area (Å²) in [5, 5.41) is 14.8. The normalized spacial score (nSPS) is 18.9. The maximum atomic E-state index is 13.4. The summed E-state index contributed by atoms with van der Waals surface area (Å²) in [6, 6.07) is 19.0. The highest BCUT2D eigenvalue weighted by molar-refractivity contribution is 6.30. The van der Waals surface area contributed by atoms with Gasteiger partial charge in [-0.2, -0.15) is 0 Å². The van der Waals surface area contributed by atoms with Crippen LogP contribution < -0.4 is 10.1 Å². The van der Waals surface area contributed by atoms with Gasteiger partial charge in [-0.1, -0.05) is 48.0 Å². The van der Waals surface area contributed by atoms with E-state index in [1.54, 1.807) is 18.2 Å². The van der Waals surface area contributed by atoms with E-state index < -0.39 is 0 Å². The molecular weight excluding hydrogens is 391 g/mol. The Morgan fingerprint density at radius 1 is 1.07 bits per heavy atom. The Bertz CT molecular complexity index is 1040. The van der Waals surface area contributed by atoms with Crippen molar-refractivity contribution < 1.29 is 14.2 Å². The van der Waals surface area contributed by atoms with E-state index in [0.717, 1.165) is 22.4 Å². The minimum atomic E-state index is -0.384. The van der Waals surface area contributed by atoms with Crippen molar-refractivity contribution in [3.05, 3.63) is 94.3 Å². The molecule has 3 aromatic rings. The van der Waals surface area contributed by atoms with Crippen LogP contribution in [0, 0.1) is 5.82 Å². The number of para-hydroxylation sites is 1. The largest absolute Gasteiger partial charge is 0.504 e. The molecule has 0 fully saturated rings. The number of halogens is 2. The zero-order chi connectivity index (χ0) is 20.4. The second kappa shape index (κ2) is 8.23. The monoisotopic (exact) mass is 410 g/mol. The number of nitrogens with one attached hydrogen (secondary N) is 1. The fourth-order valence-electron chi connectivity index (χ4n) is 3.52. The Morgan fingerprint density at radius 2 is 1.79 bits per heavy atom. The molecule has 0 spiro atoms. The number of phenols is 1. The number of nitrogens with zero attached hydrogens (tertiary/aromatic N) is 1. The van der Waals surface area contributed by atoms with Crippen molar-refractivity contribution >= 4 is 17.3 Å². The van der Waals surface area contributed by atoms with Gasteiger partial charge in [-0.3, -0.25) is 10.3 Å². The van der Waals surface area contributed by atoms with Gasteiger partial charge in [0.15, 0.2) is 11.5 Å². The van der Waals surface area contributed by atoms with Crippen LogP contribution in [0.4, 0.5) is 4.39 Å². The van der Waals surface area contributed by atoms with Gasteiger partial charge in [0.2, 0.25) is 0 Å². The number of rotatable bonds is 4. The van der Waals surface area contributed by atoms with Gasteiger partial charge in [-0.15, -0.1) is 0 Å². The van der Waals surface area contributed by atoms with Crippen molar-refractivity contribution in [3.8, 4) is 11.5 Å². The maximum absolute atomic E-state index is 13.4. The summed E-state index contributed by atoms with van der Waals surface area (Å²) in [5.74, 6) is 0.217. The van der Waals surface area contributed by atoms with Gasteiger partial charge in [0.1, 0.15) is 12.0 Å². The third kappa shape index (κ3) is 4.11. The van der Waals surface area contributed by atoms with Crippen LogP contribution in [0.15, 0.2) is 71.7 Å². The molecule has 0 saturated carbocycles. The molecule has 2 atom stereocenters. The molecule has 3 aromatic carbocycles. The number of hydrogen-bond acceptors (Lipinski definition) is 4. The summed E-state index contributed by atoms with van der Waals surface area (Å²) in [7, 11) is 1.52. The van der Waals surface area contributed by atoms with E-state index in [9.17, 15) is 9.50 Å². The van der Waals surface area contributed by atoms with Crippen LogP contribution in [0.3, 0.4) is 0 Å². The molecule has 148 valence electrons. The van der Waals surface area contributed by atoms with Gasteiger partial charge in [0, 0.05) is 28.8 Å². The second-order valence-corrected chi connectivity index (χ2v) is 7.29. The van der Waals surface area contributed by atoms with Crippen molar-refractivity contribution in [2.24, 2.45) is 4.99 Å². The third-order valence-electron chi connectivity index (χ3n) is 5.03. The smallest absolute Gasteiger partial charge is 0.162 e. The minimum Gasteiger partial charge on any atom is -0.504 e. The standard InChI is InChI=1S/C23H20ClFN2O2/c1-29-21-4-2-3-18(22(21)28)20-13-19(14-5-9-16(24)10-6-14)26-23(27-20)15-7-11-17(25)12-8-15/h2-12,20,23,27-28H,13H2,1H3/t20-,23-/m0/s1. The lowest BCUT2D eigenvalue weighted by Gasteiger charge is -2.31. The quantitative estimate of drug-likeness (QED) is 0.604. The van der Waals surface area contributed by atoms with Gasteiger partial charge >= 0.3 is 0 Å². The molecule has 0 saturated heterocycles. The first kappa shape index (κ1) is 19.4. The minimum absolute atomic E-state index is 0.0997. The van der Waals surface area contributed by atoms with Gasteiger partial charge in [-0.05, 0) is 41.5 Å². The number of aliphatic imine (C=N–C) groups is 1. The first-order chi connectivity index (χ1) is 14.0. The van der Waals surface area contributed by atoms with Crippen LogP contribution >= 0.6 is 11.6 Å². The van der Waals surface area contributed by atoms with E-state index in [1.807, 2.05) is 36.4 Å². The molecule has 0 aliphatic carbocycles. The van der Waals surface area contributed by atoms with Crippen LogP contribution in [0.2, 0.25) is 5.02 Å². The van der Waals surface area contributed by atoms with Crippen molar-refractivity contribution in [3.63, 3.8) is 0 Å². The number of aromatic hydroxyl groups is 1. The van der Waals surface area contributed by atoms with Crippen LogP contribution in [-0.2, 0) is 0 Å². The van der Waals surface area contributed by atoms with Gasteiger partial charge < -0.3 is 9.84 Å². The Hall–Kier alpha value is -2.89. The average Bonchev–Trinajstić information content (AvgIpc) is 2.74. The topological polar surface area (TPSA) is 53.8 Å². The maximum Gasteiger partial charge on any atom is 0.162 e. The van der Waals surface area contributed by atoms with E-state index in [2.05, 4.69) is 5.32 Å². The van der Waals surface area contributed by atoms with E-state index >= 15 is 0 Å². The third-order valence-corrected chi connectivity index (χ3v) is 5.28. The Kier molecular flexibility index (Phi) is 5.51. The van der Waals surface area contributed by atoms with Gasteiger partial charge in [0.05, 0.1) is 7.11 Å². The molecule has 0 amide bonds. The molecule has 1 aliphatic heterocycles. The number of hydrogen-bond donors (Lipinski definition) is 2. The molecule has 6 heteroatoms. The molecule has 0 unspecified atom stereocenters. The Labute approximate surface area is 173 Å². The SMILES string of the molecule is COc1cccc([C@@H]2CC(c3ccc(Cl)cc3)=N[C@H](c3ccc(F)cc3)N2)c1O.